The fourth-order valence-electron chi connectivity index (χ4n) is 2.85. The van der Waals surface area contributed by atoms with Gasteiger partial charge < -0.3 is 29.6 Å². The van der Waals surface area contributed by atoms with Gasteiger partial charge in [-0.25, -0.2) is 4.99 Å². The molecule has 2 aromatic rings. The van der Waals surface area contributed by atoms with E-state index in [1.807, 2.05) is 31.2 Å². The van der Waals surface area contributed by atoms with Crippen molar-refractivity contribution in [3.8, 4) is 23.0 Å². The summed E-state index contributed by atoms with van der Waals surface area (Å²) in [6, 6.07) is 11.7. The van der Waals surface area contributed by atoms with Gasteiger partial charge in [-0.15, -0.1) is 0 Å². The van der Waals surface area contributed by atoms with Crippen molar-refractivity contribution in [3.05, 3.63) is 47.5 Å². The molecule has 0 bridgehead atoms. The zero-order valence-corrected chi connectivity index (χ0v) is 17.9. The molecular formula is C22H31N3O4. The molecule has 0 atom stereocenters. The summed E-state index contributed by atoms with van der Waals surface area (Å²) in [7, 11) is 6.53. The van der Waals surface area contributed by atoms with E-state index in [2.05, 4.69) is 27.8 Å². The van der Waals surface area contributed by atoms with Gasteiger partial charge in [0.05, 0.1) is 40.5 Å². The molecule has 0 aliphatic rings. The number of nitrogens with zero attached hydrogens (tertiary/aromatic N) is 1. The van der Waals surface area contributed by atoms with Crippen LogP contribution >= 0.6 is 0 Å². The Hall–Kier alpha value is -3.09. The minimum absolute atomic E-state index is 0.411. The second kappa shape index (κ2) is 11.7. The number of nitrogens with one attached hydrogen (secondary N) is 2. The lowest BCUT2D eigenvalue weighted by molar-refractivity contribution is 0.369. The lowest BCUT2D eigenvalue weighted by Gasteiger charge is -2.15. The minimum Gasteiger partial charge on any atom is -0.497 e. The van der Waals surface area contributed by atoms with Crippen molar-refractivity contribution in [2.24, 2.45) is 4.99 Å². The Labute approximate surface area is 173 Å². The van der Waals surface area contributed by atoms with Crippen LogP contribution in [0.15, 0.2) is 41.4 Å². The SMILES string of the molecule is CCNC(=NCc1c(OC)cc(OC)cc1OC)NCCc1ccc(OC)cc1. The zero-order chi connectivity index (χ0) is 21.1. The Morgan fingerprint density at radius 3 is 1.97 bits per heavy atom. The molecule has 7 nitrogen and oxygen atoms in total. The van der Waals surface area contributed by atoms with Crippen LogP contribution in [0, 0.1) is 0 Å². The second-order valence-corrected chi connectivity index (χ2v) is 6.23. The number of ether oxygens (including phenoxy) is 4. The first kappa shape index (κ1) is 22.2. The molecule has 2 rings (SSSR count). The fourth-order valence-corrected chi connectivity index (χ4v) is 2.85. The third kappa shape index (κ3) is 6.48. The molecule has 0 unspecified atom stereocenters. The van der Waals surface area contributed by atoms with Crippen molar-refractivity contribution in [3.63, 3.8) is 0 Å². The Balaban J connectivity index is 2.06. The Morgan fingerprint density at radius 2 is 1.45 bits per heavy atom. The van der Waals surface area contributed by atoms with Gasteiger partial charge in [0.1, 0.15) is 23.0 Å². The van der Waals surface area contributed by atoms with E-state index < -0.39 is 0 Å². The number of hydrogen-bond acceptors (Lipinski definition) is 5. The molecular weight excluding hydrogens is 370 g/mol. The van der Waals surface area contributed by atoms with Gasteiger partial charge in [-0.05, 0) is 31.0 Å². The zero-order valence-electron chi connectivity index (χ0n) is 17.9. The predicted octanol–water partition coefficient (Wildman–Crippen LogP) is 3.02. The van der Waals surface area contributed by atoms with E-state index in [4.69, 9.17) is 18.9 Å². The molecule has 29 heavy (non-hydrogen) atoms. The second-order valence-electron chi connectivity index (χ2n) is 6.23. The molecule has 0 saturated carbocycles. The van der Waals surface area contributed by atoms with Crippen molar-refractivity contribution in [2.75, 3.05) is 41.5 Å². The van der Waals surface area contributed by atoms with Gasteiger partial charge in [0, 0.05) is 25.2 Å². The molecule has 7 heteroatoms. The van der Waals surface area contributed by atoms with Crippen LogP contribution in [0.5, 0.6) is 23.0 Å². The maximum atomic E-state index is 5.50. The summed E-state index contributed by atoms with van der Waals surface area (Å²) in [5.74, 6) is 3.63. The summed E-state index contributed by atoms with van der Waals surface area (Å²) in [5.41, 5.74) is 2.09. The van der Waals surface area contributed by atoms with Gasteiger partial charge in [0.15, 0.2) is 5.96 Å². The number of rotatable bonds is 10. The minimum atomic E-state index is 0.411. The van der Waals surface area contributed by atoms with Gasteiger partial charge in [0.2, 0.25) is 0 Å². The summed E-state index contributed by atoms with van der Waals surface area (Å²) in [4.78, 5) is 4.69. The van der Waals surface area contributed by atoms with E-state index in [0.29, 0.717) is 23.8 Å². The van der Waals surface area contributed by atoms with Crippen LogP contribution in [-0.4, -0.2) is 47.5 Å². The molecule has 0 spiro atoms. The van der Waals surface area contributed by atoms with Crippen LogP contribution in [0.4, 0.5) is 0 Å². The Bertz CT molecular complexity index is 766. The van der Waals surface area contributed by atoms with E-state index in [1.54, 1.807) is 28.4 Å². The maximum absolute atomic E-state index is 5.50. The number of benzene rings is 2. The average molecular weight is 402 g/mol. The highest BCUT2D eigenvalue weighted by atomic mass is 16.5. The lowest BCUT2D eigenvalue weighted by atomic mass is 10.1. The highest BCUT2D eigenvalue weighted by Gasteiger charge is 2.13. The highest BCUT2D eigenvalue weighted by molar-refractivity contribution is 5.79. The third-order valence-electron chi connectivity index (χ3n) is 4.42. The molecule has 2 aromatic carbocycles. The summed E-state index contributed by atoms with van der Waals surface area (Å²) in [5, 5.41) is 6.63. The smallest absolute Gasteiger partial charge is 0.191 e. The van der Waals surface area contributed by atoms with Gasteiger partial charge in [-0.2, -0.15) is 0 Å². The van der Waals surface area contributed by atoms with E-state index in [9.17, 15) is 0 Å². The lowest BCUT2D eigenvalue weighted by Crippen LogP contribution is -2.38. The molecule has 0 aliphatic carbocycles. The van der Waals surface area contributed by atoms with Crippen molar-refractivity contribution in [1.29, 1.82) is 0 Å². The molecule has 2 N–H and O–H groups in total. The summed E-state index contributed by atoms with van der Waals surface area (Å²) in [6.45, 7) is 3.98. The molecule has 0 fully saturated rings. The fraction of sp³-hybridized carbons (Fsp3) is 0.409. The standard InChI is InChI=1S/C22H31N3O4/c1-6-23-22(24-12-11-16-7-9-17(26-2)10-8-16)25-15-19-20(28-4)13-18(27-3)14-21(19)29-5/h7-10,13-14H,6,11-12,15H2,1-5H3,(H2,23,24,25). The summed E-state index contributed by atoms with van der Waals surface area (Å²) >= 11 is 0. The van der Waals surface area contributed by atoms with Gasteiger partial charge in [-0.3, -0.25) is 0 Å². The molecule has 158 valence electrons. The molecule has 0 aliphatic heterocycles. The van der Waals surface area contributed by atoms with Crippen molar-refractivity contribution in [2.45, 2.75) is 19.9 Å². The molecule has 0 saturated heterocycles. The van der Waals surface area contributed by atoms with Gasteiger partial charge in [-0.1, -0.05) is 12.1 Å². The van der Waals surface area contributed by atoms with Gasteiger partial charge in [0.25, 0.3) is 0 Å². The van der Waals surface area contributed by atoms with Crippen LogP contribution in [0.2, 0.25) is 0 Å². The van der Waals surface area contributed by atoms with E-state index in [-0.39, 0.29) is 0 Å². The van der Waals surface area contributed by atoms with Crippen molar-refractivity contribution < 1.29 is 18.9 Å². The third-order valence-corrected chi connectivity index (χ3v) is 4.42. The quantitative estimate of drug-likeness (QED) is 0.471. The summed E-state index contributed by atoms with van der Waals surface area (Å²) < 4.78 is 21.5. The van der Waals surface area contributed by atoms with E-state index in [1.165, 1.54) is 5.56 Å². The Kier molecular flexibility index (Phi) is 8.95. The van der Waals surface area contributed by atoms with Crippen LogP contribution in [-0.2, 0) is 13.0 Å². The van der Waals surface area contributed by atoms with Crippen molar-refractivity contribution >= 4 is 5.96 Å². The van der Waals surface area contributed by atoms with Crippen molar-refractivity contribution in [1.82, 2.24) is 10.6 Å². The Morgan fingerprint density at radius 1 is 0.828 bits per heavy atom. The van der Waals surface area contributed by atoms with E-state index >= 15 is 0 Å². The maximum Gasteiger partial charge on any atom is 0.191 e. The number of aliphatic imine (C=N–C) groups is 1. The highest BCUT2D eigenvalue weighted by Crippen LogP contribution is 2.34. The van der Waals surface area contributed by atoms with Crippen LogP contribution in [0.25, 0.3) is 0 Å². The molecule has 0 amide bonds. The predicted molar refractivity (Wildman–Crippen MR) is 116 cm³/mol. The first-order valence-corrected chi connectivity index (χ1v) is 9.59. The topological polar surface area (TPSA) is 73.3 Å². The monoisotopic (exact) mass is 401 g/mol. The number of guanidine groups is 1. The van der Waals surface area contributed by atoms with Crippen LogP contribution < -0.4 is 29.6 Å². The van der Waals surface area contributed by atoms with Crippen LogP contribution in [0.1, 0.15) is 18.1 Å². The number of methoxy groups -OCH3 is 4. The van der Waals surface area contributed by atoms with E-state index in [0.717, 1.165) is 36.8 Å². The molecule has 0 radical (unpaired) electrons. The largest absolute Gasteiger partial charge is 0.497 e. The summed E-state index contributed by atoms with van der Waals surface area (Å²) in [6.07, 6.45) is 0.879. The normalized spacial score (nSPS) is 11.0. The molecule has 0 heterocycles. The van der Waals surface area contributed by atoms with Crippen LogP contribution in [0.3, 0.4) is 0 Å². The first-order valence-electron chi connectivity index (χ1n) is 9.59. The number of hydrogen-bond donors (Lipinski definition) is 2. The molecule has 0 aromatic heterocycles. The van der Waals surface area contributed by atoms with Gasteiger partial charge >= 0.3 is 0 Å². The first-order chi connectivity index (χ1) is 14.1. The average Bonchev–Trinajstić information content (AvgIpc) is 2.77.